The highest BCUT2D eigenvalue weighted by Crippen LogP contribution is 2.30. The summed E-state index contributed by atoms with van der Waals surface area (Å²) >= 11 is 0. The smallest absolute Gasteiger partial charge is 0.338 e. The van der Waals surface area contributed by atoms with Crippen molar-refractivity contribution in [3.8, 4) is 22.9 Å². The SMILES string of the molecule is CCOC(=O)c1ccccc1-c1ccc(C#N)c(OC[C@H](O)CNC(C)(C)Cc2ccc3ccccc3c2)c1. The summed E-state index contributed by atoms with van der Waals surface area (Å²) < 4.78 is 11.1. The van der Waals surface area contributed by atoms with E-state index in [2.05, 4.69) is 55.6 Å². The Morgan fingerprint density at radius 3 is 2.51 bits per heavy atom. The lowest BCUT2D eigenvalue weighted by Crippen LogP contribution is -2.46. The van der Waals surface area contributed by atoms with Crippen LogP contribution >= 0.6 is 0 Å². The van der Waals surface area contributed by atoms with Crippen molar-refractivity contribution in [1.29, 1.82) is 5.26 Å². The van der Waals surface area contributed by atoms with Crippen LogP contribution < -0.4 is 10.1 Å². The van der Waals surface area contributed by atoms with Crippen LogP contribution in [0.15, 0.2) is 84.9 Å². The predicted octanol–water partition coefficient (Wildman–Crippen LogP) is 5.91. The van der Waals surface area contributed by atoms with Crippen molar-refractivity contribution in [2.75, 3.05) is 19.8 Å². The standard InChI is InChI=1S/C33H34N2O4/c1-4-38-32(37)30-12-8-7-11-29(30)26-15-16-27(20-34)31(18-26)39-22-28(36)21-35-33(2,3)19-23-13-14-24-9-5-6-10-25(24)17-23/h5-18,28,35-36H,4,19,21-22H2,1-3H3/t28-/m1/s1. The number of nitrogens with zero attached hydrogens (tertiary/aromatic N) is 1. The molecule has 0 aromatic heterocycles. The molecule has 0 heterocycles. The molecule has 0 aliphatic heterocycles. The Balaban J connectivity index is 1.39. The van der Waals surface area contributed by atoms with Gasteiger partial charge >= 0.3 is 5.97 Å². The van der Waals surface area contributed by atoms with Crippen LogP contribution in [0.1, 0.15) is 42.3 Å². The first-order valence-electron chi connectivity index (χ1n) is 13.1. The van der Waals surface area contributed by atoms with E-state index in [1.54, 1.807) is 37.3 Å². The minimum atomic E-state index is -0.789. The van der Waals surface area contributed by atoms with Crippen molar-refractivity contribution in [2.45, 2.75) is 38.8 Å². The van der Waals surface area contributed by atoms with E-state index in [4.69, 9.17) is 9.47 Å². The van der Waals surface area contributed by atoms with E-state index in [0.717, 1.165) is 12.0 Å². The maximum Gasteiger partial charge on any atom is 0.338 e. The van der Waals surface area contributed by atoms with Gasteiger partial charge in [0.15, 0.2) is 0 Å². The third-order valence-electron chi connectivity index (χ3n) is 6.54. The molecule has 0 fully saturated rings. The topological polar surface area (TPSA) is 91.6 Å². The van der Waals surface area contributed by atoms with Gasteiger partial charge in [0.1, 0.15) is 24.5 Å². The third-order valence-corrected chi connectivity index (χ3v) is 6.54. The number of aliphatic hydroxyl groups is 1. The number of esters is 1. The quantitative estimate of drug-likeness (QED) is 0.238. The van der Waals surface area contributed by atoms with Crippen molar-refractivity contribution >= 4 is 16.7 Å². The molecule has 0 bridgehead atoms. The lowest BCUT2D eigenvalue weighted by molar-refractivity contribution is 0.0527. The summed E-state index contributed by atoms with van der Waals surface area (Å²) in [4.78, 5) is 12.4. The molecule has 0 saturated heterocycles. The van der Waals surface area contributed by atoms with E-state index in [0.29, 0.717) is 29.0 Å². The van der Waals surface area contributed by atoms with Crippen LogP contribution in [-0.4, -0.2) is 42.5 Å². The molecule has 0 unspecified atom stereocenters. The highest BCUT2D eigenvalue weighted by molar-refractivity contribution is 5.97. The molecule has 0 aliphatic carbocycles. The highest BCUT2D eigenvalue weighted by Gasteiger charge is 2.20. The number of hydrogen-bond donors (Lipinski definition) is 2. The van der Waals surface area contributed by atoms with Gasteiger partial charge < -0.3 is 19.9 Å². The molecule has 0 amide bonds. The Morgan fingerprint density at radius 2 is 1.74 bits per heavy atom. The van der Waals surface area contributed by atoms with Gasteiger partial charge in [-0.05, 0) is 72.9 Å². The van der Waals surface area contributed by atoms with Crippen molar-refractivity contribution < 1.29 is 19.4 Å². The summed E-state index contributed by atoms with van der Waals surface area (Å²) in [5, 5.41) is 26.1. The molecular formula is C33H34N2O4. The number of rotatable bonds is 11. The van der Waals surface area contributed by atoms with Crippen LogP contribution in [0.5, 0.6) is 5.75 Å². The van der Waals surface area contributed by atoms with E-state index >= 15 is 0 Å². The van der Waals surface area contributed by atoms with Gasteiger partial charge in [-0.1, -0.05) is 66.7 Å². The van der Waals surface area contributed by atoms with Gasteiger partial charge in [0.05, 0.1) is 17.7 Å². The molecule has 0 saturated carbocycles. The second-order valence-electron chi connectivity index (χ2n) is 10.2. The van der Waals surface area contributed by atoms with Gasteiger partial charge in [0.25, 0.3) is 0 Å². The fourth-order valence-electron chi connectivity index (χ4n) is 4.58. The summed E-state index contributed by atoms with van der Waals surface area (Å²) in [7, 11) is 0. The van der Waals surface area contributed by atoms with E-state index in [1.807, 2.05) is 24.3 Å². The average molecular weight is 523 g/mol. The molecule has 200 valence electrons. The summed E-state index contributed by atoms with van der Waals surface area (Å²) in [6, 6.07) is 29.2. The number of ether oxygens (including phenoxy) is 2. The number of aliphatic hydroxyl groups excluding tert-OH is 1. The zero-order valence-corrected chi connectivity index (χ0v) is 22.6. The lowest BCUT2D eigenvalue weighted by atomic mass is 9.93. The first-order chi connectivity index (χ1) is 18.8. The lowest BCUT2D eigenvalue weighted by Gasteiger charge is -2.28. The molecule has 4 aromatic carbocycles. The van der Waals surface area contributed by atoms with Crippen LogP contribution in [0.25, 0.3) is 21.9 Å². The van der Waals surface area contributed by atoms with Crippen molar-refractivity contribution in [2.24, 2.45) is 0 Å². The second kappa shape index (κ2) is 12.6. The molecule has 0 aliphatic rings. The summed E-state index contributed by atoms with van der Waals surface area (Å²) in [5.74, 6) is -0.0594. The van der Waals surface area contributed by atoms with Crippen molar-refractivity contribution in [1.82, 2.24) is 5.32 Å². The molecule has 6 heteroatoms. The molecule has 4 rings (SSSR count). The zero-order valence-electron chi connectivity index (χ0n) is 22.6. The fraction of sp³-hybridized carbons (Fsp3) is 0.273. The second-order valence-corrected chi connectivity index (χ2v) is 10.2. The number of nitrogens with one attached hydrogen (secondary N) is 1. The first-order valence-corrected chi connectivity index (χ1v) is 13.1. The molecule has 1 atom stereocenters. The minimum absolute atomic E-state index is 0.0106. The van der Waals surface area contributed by atoms with Gasteiger partial charge in [0.2, 0.25) is 0 Å². The third kappa shape index (κ3) is 7.23. The monoisotopic (exact) mass is 522 g/mol. The van der Waals surface area contributed by atoms with E-state index in [1.165, 1.54) is 16.3 Å². The van der Waals surface area contributed by atoms with Crippen LogP contribution in [-0.2, 0) is 11.2 Å². The maximum atomic E-state index is 12.4. The predicted molar refractivity (Wildman–Crippen MR) is 154 cm³/mol. The van der Waals surface area contributed by atoms with Gasteiger partial charge in [-0.2, -0.15) is 5.26 Å². The minimum Gasteiger partial charge on any atom is -0.489 e. The van der Waals surface area contributed by atoms with Crippen molar-refractivity contribution in [3.63, 3.8) is 0 Å². The molecule has 6 nitrogen and oxygen atoms in total. The van der Waals surface area contributed by atoms with E-state index < -0.39 is 12.1 Å². The Bertz CT molecular complexity index is 1490. The molecular weight excluding hydrogens is 488 g/mol. The largest absolute Gasteiger partial charge is 0.489 e. The molecule has 0 spiro atoms. The Morgan fingerprint density at radius 1 is 1.00 bits per heavy atom. The van der Waals surface area contributed by atoms with Gasteiger partial charge in [-0.25, -0.2) is 4.79 Å². The highest BCUT2D eigenvalue weighted by atomic mass is 16.5. The van der Waals surface area contributed by atoms with Gasteiger partial charge in [0, 0.05) is 12.1 Å². The first kappa shape index (κ1) is 27.8. The zero-order chi connectivity index (χ0) is 27.8. The van der Waals surface area contributed by atoms with Crippen LogP contribution in [0, 0.1) is 11.3 Å². The molecule has 4 aromatic rings. The Labute approximate surface area is 229 Å². The maximum absolute atomic E-state index is 12.4. The average Bonchev–Trinajstić information content (AvgIpc) is 2.94. The molecule has 2 N–H and O–H groups in total. The number of β-amino-alcohol motifs (C(OH)–C–C–N with tert-alkyl or cyclic N) is 1. The number of nitriles is 1. The van der Waals surface area contributed by atoms with Crippen LogP contribution in [0.3, 0.4) is 0 Å². The van der Waals surface area contributed by atoms with Gasteiger partial charge in [-0.15, -0.1) is 0 Å². The van der Waals surface area contributed by atoms with E-state index in [9.17, 15) is 15.2 Å². The van der Waals surface area contributed by atoms with Crippen LogP contribution in [0.4, 0.5) is 0 Å². The van der Waals surface area contributed by atoms with Gasteiger partial charge in [-0.3, -0.25) is 0 Å². The number of carbonyl (C=O) groups is 1. The number of benzene rings is 4. The van der Waals surface area contributed by atoms with Crippen molar-refractivity contribution in [3.05, 3.63) is 102 Å². The van der Waals surface area contributed by atoms with E-state index in [-0.39, 0.29) is 18.8 Å². The summed E-state index contributed by atoms with van der Waals surface area (Å²) in [6.45, 7) is 6.59. The number of carbonyl (C=O) groups excluding carboxylic acids is 1. The summed E-state index contributed by atoms with van der Waals surface area (Å²) in [5.41, 5.74) is 3.16. The molecule has 0 radical (unpaired) electrons. The Hall–Kier alpha value is -4.18. The number of fused-ring (bicyclic) bond motifs is 1. The van der Waals surface area contributed by atoms with Crippen LogP contribution in [0.2, 0.25) is 0 Å². The summed E-state index contributed by atoms with van der Waals surface area (Å²) in [6.07, 6.45) is 0.00855. The molecule has 39 heavy (non-hydrogen) atoms. The Kier molecular flexibility index (Phi) is 8.98. The fourth-order valence-corrected chi connectivity index (χ4v) is 4.58. The normalized spacial score (nSPS) is 12.1. The number of hydrogen-bond acceptors (Lipinski definition) is 6.